The summed E-state index contributed by atoms with van der Waals surface area (Å²) in [5, 5.41) is 0. The Labute approximate surface area is 201 Å². The third kappa shape index (κ3) is 5.82. The van der Waals surface area contributed by atoms with Crippen LogP contribution in [0.5, 0.6) is 5.75 Å². The first-order valence-electron chi connectivity index (χ1n) is 12.0. The van der Waals surface area contributed by atoms with Crippen LogP contribution in [-0.2, 0) is 28.7 Å². The first-order chi connectivity index (χ1) is 16.2. The molecular weight excluding hydrogens is 432 g/mol. The molecule has 2 aromatic carbocycles. The number of rotatable bonds is 3. The van der Waals surface area contributed by atoms with Crippen molar-refractivity contribution < 1.29 is 23.8 Å². The van der Waals surface area contributed by atoms with Crippen molar-refractivity contribution in [2.75, 3.05) is 31.1 Å². The van der Waals surface area contributed by atoms with Gasteiger partial charge in [0, 0.05) is 19.5 Å². The molecule has 182 valence electrons. The lowest BCUT2D eigenvalue weighted by atomic mass is 10.0. The van der Waals surface area contributed by atoms with Crippen molar-refractivity contribution in [3.63, 3.8) is 0 Å². The lowest BCUT2D eigenvalue weighted by molar-refractivity contribution is 0.0258. The molecule has 2 amide bonds. The van der Waals surface area contributed by atoms with Crippen molar-refractivity contribution in [3.8, 4) is 5.75 Å². The minimum absolute atomic E-state index is 0.246. The molecule has 0 spiro atoms. The van der Waals surface area contributed by atoms with Gasteiger partial charge < -0.3 is 19.1 Å². The molecule has 7 nitrogen and oxygen atoms in total. The lowest BCUT2D eigenvalue weighted by Gasteiger charge is -2.31. The number of hydrogen-bond donors (Lipinski definition) is 0. The molecule has 0 saturated carbocycles. The summed E-state index contributed by atoms with van der Waals surface area (Å²) in [5.74, 6) is 0.684. The molecule has 0 bridgehead atoms. The zero-order chi connectivity index (χ0) is 24.3. The summed E-state index contributed by atoms with van der Waals surface area (Å²) in [7, 11) is 0. The highest BCUT2D eigenvalue weighted by Crippen LogP contribution is 2.36. The van der Waals surface area contributed by atoms with Crippen molar-refractivity contribution in [3.05, 3.63) is 59.2 Å². The van der Waals surface area contributed by atoms with Crippen LogP contribution in [-0.4, -0.2) is 55.0 Å². The molecule has 2 aliphatic heterocycles. The number of amides is 2. The van der Waals surface area contributed by atoms with Crippen LogP contribution < -0.4 is 9.64 Å². The number of nitrogens with zero attached hydrogens (tertiary/aromatic N) is 2. The number of fused-ring (bicyclic) bond motifs is 2. The van der Waals surface area contributed by atoms with Gasteiger partial charge in [0.2, 0.25) is 0 Å². The molecule has 0 aromatic heterocycles. The maximum absolute atomic E-state index is 13.1. The van der Waals surface area contributed by atoms with Crippen LogP contribution in [0.15, 0.2) is 42.5 Å². The van der Waals surface area contributed by atoms with Gasteiger partial charge in [-0.1, -0.05) is 30.3 Å². The number of benzene rings is 2. The van der Waals surface area contributed by atoms with Crippen molar-refractivity contribution >= 4 is 17.9 Å². The summed E-state index contributed by atoms with van der Waals surface area (Å²) in [6, 6.07) is 14.0. The quantitative estimate of drug-likeness (QED) is 0.638. The topological polar surface area (TPSA) is 68.3 Å². The van der Waals surface area contributed by atoms with E-state index in [4.69, 9.17) is 14.2 Å². The first kappa shape index (κ1) is 23.9. The third-order valence-corrected chi connectivity index (χ3v) is 5.99. The van der Waals surface area contributed by atoms with E-state index in [0.717, 1.165) is 22.4 Å². The normalized spacial score (nSPS) is 16.5. The van der Waals surface area contributed by atoms with E-state index in [1.54, 1.807) is 9.80 Å². The summed E-state index contributed by atoms with van der Waals surface area (Å²) in [6.45, 7) is 9.54. The zero-order valence-corrected chi connectivity index (χ0v) is 20.5. The molecule has 0 saturated heterocycles. The summed E-state index contributed by atoms with van der Waals surface area (Å²) in [5.41, 5.74) is 3.59. The highest BCUT2D eigenvalue weighted by atomic mass is 16.6. The fourth-order valence-corrected chi connectivity index (χ4v) is 4.36. The van der Waals surface area contributed by atoms with Crippen LogP contribution in [0.3, 0.4) is 0 Å². The van der Waals surface area contributed by atoms with Gasteiger partial charge in [-0.3, -0.25) is 4.90 Å². The maximum Gasteiger partial charge on any atom is 0.414 e. The third-order valence-electron chi connectivity index (χ3n) is 5.99. The lowest BCUT2D eigenvalue weighted by Crippen LogP contribution is -2.40. The summed E-state index contributed by atoms with van der Waals surface area (Å²) >= 11 is 0. The second-order valence-corrected chi connectivity index (χ2v) is 9.94. The molecule has 2 heterocycles. The van der Waals surface area contributed by atoms with Gasteiger partial charge in [-0.15, -0.1) is 0 Å². The Hall–Kier alpha value is -3.22. The molecule has 7 heteroatoms. The van der Waals surface area contributed by atoms with Gasteiger partial charge >= 0.3 is 12.2 Å². The molecular formula is C27H34N2O5. The Morgan fingerprint density at radius 2 is 1.68 bits per heavy atom. The van der Waals surface area contributed by atoms with Crippen LogP contribution in [0.1, 0.15) is 44.4 Å². The van der Waals surface area contributed by atoms with Gasteiger partial charge in [-0.2, -0.15) is 0 Å². The molecule has 4 rings (SSSR count). The molecule has 1 unspecified atom stereocenters. The van der Waals surface area contributed by atoms with E-state index in [1.165, 1.54) is 0 Å². The minimum Gasteiger partial charge on any atom is -0.490 e. The van der Waals surface area contributed by atoms with Gasteiger partial charge in [0.15, 0.2) is 0 Å². The SMILES string of the molecule is CC(Cc1ccccc1)OC(=O)N1CCOc2cc3c(cc21)CCN(C(=O)OC(C)(C)C)CC3. The van der Waals surface area contributed by atoms with Crippen molar-refractivity contribution in [2.24, 2.45) is 0 Å². The molecule has 2 aliphatic rings. The fourth-order valence-electron chi connectivity index (χ4n) is 4.36. The monoisotopic (exact) mass is 466 g/mol. The summed E-state index contributed by atoms with van der Waals surface area (Å²) in [4.78, 5) is 29.0. The average Bonchev–Trinajstić information content (AvgIpc) is 2.99. The molecule has 0 N–H and O–H groups in total. The van der Waals surface area contributed by atoms with E-state index < -0.39 is 5.60 Å². The van der Waals surface area contributed by atoms with E-state index >= 15 is 0 Å². The predicted molar refractivity (Wildman–Crippen MR) is 131 cm³/mol. The van der Waals surface area contributed by atoms with Gasteiger partial charge in [-0.25, -0.2) is 9.59 Å². The highest BCUT2D eigenvalue weighted by Gasteiger charge is 2.30. The summed E-state index contributed by atoms with van der Waals surface area (Å²) < 4.78 is 17.2. The second-order valence-electron chi connectivity index (χ2n) is 9.94. The smallest absolute Gasteiger partial charge is 0.414 e. The largest absolute Gasteiger partial charge is 0.490 e. The van der Waals surface area contributed by atoms with E-state index in [1.807, 2.05) is 70.2 Å². The van der Waals surface area contributed by atoms with Crippen LogP contribution in [0, 0.1) is 0 Å². The van der Waals surface area contributed by atoms with Crippen molar-refractivity contribution in [2.45, 2.75) is 58.7 Å². The summed E-state index contributed by atoms with van der Waals surface area (Å²) in [6.07, 6.45) is 1.16. The van der Waals surface area contributed by atoms with Gasteiger partial charge in [0.05, 0.1) is 12.2 Å². The molecule has 0 aliphatic carbocycles. The van der Waals surface area contributed by atoms with Crippen LogP contribution >= 0.6 is 0 Å². The Balaban J connectivity index is 1.45. The fraction of sp³-hybridized carbons (Fsp3) is 0.481. The highest BCUT2D eigenvalue weighted by molar-refractivity contribution is 5.90. The average molecular weight is 467 g/mol. The van der Waals surface area contributed by atoms with Crippen molar-refractivity contribution in [1.29, 1.82) is 0 Å². The van der Waals surface area contributed by atoms with E-state index in [-0.39, 0.29) is 18.3 Å². The number of hydrogen-bond acceptors (Lipinski definition) is 5. The number of ether oxygens (including phenoxy) is 3. The molecule has 1 atom stereocenters. The minimum atomic E-state index is -0.526. The maximum atomic E-state index is 13.1. The Morgan fingerprint density at radius 1 is 1.00 bits per heavy atom. The number of carbonyl (C=O) groups excluding carboxylic acids is 2. The van der Waals surface area contributed by atoms with Gasteiger partial charge in [0.1, 0.15) is 24.1 Å². The Bertz CT molecular complexity index is 1030. The predicted octanol–water partition coefficient (Wildman–Crippen LogP) is 4.99. The molecule has 0 radical (unpaired) electrons. The first-order valence-corrected chi connectivity index (χ1v) is 12.0. The van der Waals surface area contributed by atoms with E-state index in [9.17, 15) is 9.59 Å². The molecule has 34 heavy (non-hydrogen) atoms. The Kier molecular flexibility index (Phi) is 7.00. The van der Waals surface area contributed by atoms with Crippen molar-refractivity contribution in [1.82, 2.24) is 4.90 Å². The number of anilines is 1. The molecule has 0 fully saturated rings. The van der Waals surface area contributed by atoms with Crippen LogP contribution in [0.4, 0.5) is 15.3 Å². The zero-order valence-electron chi connectivity index (χ0n) is 20.5. The van der Waals surface area contributed by atoms with Gasteiger partial charge in [-0.05, 0) is 69.4 Å². The second kappa shape index (κ2) is 9.95. The van der Waals surface area contributed by atoms with E-state index in [0.29, 0.717) is 51.3 Å². The standard InChI is InChI=1S/C27H34N2O5/c1-19(16-20-8-6-5-7-9-20)33-26(31)29-14-15-32-24-18-22-11-13-28(25(30)34-27(2,3)4)12-10-21(22)17-23(24)29/h5-9,17-19H,10-16H2,1-4H3. The molecule has 2 aromatic rings. The van der Waals surface area contributed by atoms with Crippen LogP contribution in [0.2, 0.25) is 0 Å². The van der Waals surface area contributed by atoms with E-state index in [2.05, 4.69) is 0 Å². The van der Waals surface area contributed by atoms with Crippen LogP contribution in [0.25, 0.3) is 0 Å². The van der Waals surface area contributed by atoms with Gasteiger partial charge in [0.25, 0.3) is 0 Å². The number of carbonyl (C=O) groups is 2. The Morgan fingerprint density at radius 3 is 2.35 bits per heavy atom.